The van der Waals surface area contributed by atoms with Gasteiger partial charge in [-0.2, -0.15) is 4.99 Å². The first-order valence-corrected chi connectivity index (χ1v) is 11.0. The summed E-state index contributed by atoms with van der Waals surface area (Å²) in [6.07, 6.45) is 5.95. The zero-order valence-corrected chi connectivity index (χ0v) is 17.5. The Balaban J connectivity index is 1.72. The Kier molecular flexibility index (Phi) is 5.32. The number of aryl methyl sites for hydroxylation is 1. The van der Waals surface area contributed by atoms with E-state index < -0.39 is 5.91 Å². The second-order valence-electron chi connectivity index (χ2n) is 7.03. The second kappa shape index (κ2) is 7.72. The first-order chi connectivity index (χ1) is 13.1. The molecule has 1 aromatic heterocycles. The van der Waals surface area contributed by atoms with Crippen LogP contribution in [-0.2, 0) is 20.9 Å². The number of aromatic nitrogens is 1. The van der Waals surface area contributed by atoms with Gasteiger partial charge in [0.15, 0.2) is 10.6 Å². The maximum Gasteiger partial charge on any atom is 0.286 e. The van der Waals surface area contributed by atoms with E-state index in [9.17, 15) is 9.59 Å². The summed E-state index contributed by atoms with van der Waals surface area (Å²) in [6.45, 7) is 2.85. The normalized spacial score (nSPS) is 23.1. The van der Waals surface area contributed by atoms with Gasteiger partial charge in [0.25, 0.3) is 5.91 Å². The molecule has 2 atom stereocenters. The Morgan fingerprint density at radius 2 is 2.19 bits per heavy atom. The molecule has 0 radical (unpaired) electrons. The number of hydrogen-bond acceptors (Lipinski definition) is 4. The molecule has 4 rings (SSSR count). The number of fused-ring (bicyclic) bond motifs is 2. The standard InChI is InChI=1S/C20H21BrN2O3S/c1-2-9-23-15-8-7-12(21)10-17(15)27-20(23)22-19(25)14-11-26-16-6-4-3-5-13(16)18(14)24/h7-8,10-11,13,16H,2-6,9H2,1H3. The van der Waals surface area contributed by atoms with E-state index >= 15 is 0 Å². The number of halogens is 1. The minimum atomic E-state index is -0.500. The average Bonchev–Trinajstić information content (AvgIpc) is 2.98. The quantitative estimate of drug-likeness (QED) is 0.655. The molecule has 142 valence electrons. The van der Waals surface area contributed by atoms with Gasteiger partial charge >= 0.3 is 0 Å². The minimum absolute atomic E-state index is 0.0745. The van der Waals surface area contributed by atoms with Crippen molar-refractivity contribution in [3.63, 3.8) is 0 Å². The summed E-state index contributed by atoms with van der Waals surface area (Å²) in [7, 11) is 0. The van der Waals surface area contributed by atoms with E-state index in [4.69, 9.17) is 4.74 Å². The Morgan fingerprint density at radius 1 is 1.37 bits per heavy atom. The number of ketones is 1. The third kappa shape index (κ3) is 3.55. The van der Waals surface area contributed by atoms with Gasteiger partial charge in [0.1, 0.15) is 11.7 Å². The molecule has 0 bridgehead atoms. The zero-order chi connectivity index (χ0) is 19.0. The molecular formula is C20H21BrN2O3S. The lowest BCUT2D eigenvalue weighted by Crippen LogP contribution is -2.38. The lowest BCUT2D eigenvalue weighted by atomic mass is 9.80. The van der Waals surface area contributed by atoms with Gasteiger partial charge in [-0.1, -0.05) is 40.6 Å². The fourth-order valence-corrected chi connectivity index (χ4v) is 5.45. The molecule has 1 aliphatic carbocycles. The van der Waals surface area contributed by atoms with Crippen molar-refractivity contribution in [2.75, 3.05) is 0 Å². The molecule has 1 saturated carbocycles. The third-order valence-electron chi connectivity index (χ3n) is 5.19. The molecule has 1 aromatic carbocycles. The fourth-order valence-electron chi connectivity index (χ4n) is 3.85. The molecule has 5 nitrogen and oxygen atoms in total. The molecular weight excluding hydrogens is 428 g/mol. The molecule has 1 fully saturated rings. The van der Waals surface area contributed by atoms with E-state index in [1.165, 1.54) is 17.6 Å². The van der Waals surface area contributed by atoms with Gasteiger partial charge in [0.2, 0.25) is 0 Å². The lowest BCUT2D eigenvalue weighted by molar-refractivity contribution is -0.130. The topological polar surface area (TPSA) is 60.7 Å². The van der Waals surface area contributed by atoms with Gasteiger partial charge < -0.3 is 9.30 Å². The molecule has 0 saturated heterocycles. The SMILES string of the molecule is CCCn1c(=NC(=O)C2=COC3CCCCC3C2=O)sc2cc(Br)ccc21. The van der Waals surface area contributed by atoms with E-state index in [2.05, 4.69) is 27.8 Å². The van der Waals surface area contributed by atoms with Crippen LogP contribution in [0.3, 0.4) is 0 Å². The summed E-state index contributed by atoms with van der Waals surface area (Å²) in [6, 6.07) is 6.03. The lowest BCUT2D eigenvalue weighted by Gasteiger charge is -2.33. The number of Topliss-reactive ketones (excluding diaryl/α,β-unsaturated/α-hetero) is 1. The maximum atomic E-state index is 12.8. The van der Waals surface area contributed by atoms with Gasteiger partial charge in [-0.25, -0.2) is 0 Å². The predicted molar refractivity (Wildman–Crippen MR) is 108 cm³/mol. The molecule has 7 heteroatoms. The van der Waals surface area contributed by atoms with Crippen LogP contribution < -0.4 is 4.80 Å². The van der Waals surface area contributed by atoms with Crippen molar-refractivity contribution in [2.24, 2.45) is 10.9 Å². The fraction of sp³-hybridized carbons (Fsp3) is 0.450. The third-order valence-corrected chi connectivity index (χ3v) is 6.72. The van der Waals surface area contributed by atoms with Gasteiger partial charge in [-0.05, 0) is 43.9 Å². The number of thiazole rings is 1. The van der Waals surface area contributed by atoms with Gasteiger partial charge in [0.05, 0.1) is 22.4 Å². The van der Waals surface area contributed by atoms with E-state index in [-0.39, 0.29) is 23.4 Å². The number of benzene rings is 1. The summed E-state index contributed by atoms with van der Waals surface area (Å²) in [4.78, 5) is 30.5. The summed E-state index contributed by atoms with van der Waals surface area (Å²) in [5, 5.41) is 0. The van der Waals surface area contributed by atoms with Crippen molar-refractivity contribution in [3.05, 3.63) is 39.3 Å². The smallest absolute Gasteiger partial charge is 0.286 e. The Bertz CT molecular complexity index is 1000. The highest BCUT2D eigenvalue weighted by Crippen LogP contribution is 2.33. The molecule has 27 heavy (non-hydrogen) atoms. The number of hydrogen-bond donors (Lipinski definition) is 0. The Labute approximate surface area is 169 Å². The van der Waals surface area contributed by atoms with E-state index in [1.54, 1.807) is 0 Å². The van der Waals surface area contributed by atoms with Crippen LogP contribution in [0.2, 0.25) is 0 Å². The number of nitrogens with zero attached hydrogens (tertiary/aromatic N) is 2. The van der Waals surface area contributed by atoms with E-state index in [0.29, 0.717) is 4.80 Å². The van der Waals surface area contributed by atoms with Crippen LogP contribution in [0.4, 0.5) is 0 Å². The van der Waals surface area contributed by atoms with Crippen LogP contribution in [0.5, 0.6) is 0 Å². The van der Waals surface area contributed by atoms with Crippen molar-refractivity contribution in [3.8, 4) is 0 Å². The highest BCUT2D eigenvalue weighted by molar-refractivity contribution is 9.10. The van der Waals surface area contributed by atoms with Gasteiger partial charge in [-0.3, -0.25) is 9.59 Å². The molecule has 0 spiro atoms. The monoisotopic (exact) mass is 448 g/mol. The first kappa shape index (κ1) is 18.6. The summed E-state index contributed by atoms with van der Waals surface area (Å²) in [5.74, 6) is -0.802. The Hall–Kier alpha value is -1.73. The highest BCUT2D eigenvalue weighted by Gasteiger charge is 2.39. The highest BCUT2D eigenvalue weighted by atomic mass is 79.9. The first-order valence-electron chi connectivity index (χ1n) is 9.36. The molecule has 2 heterocycles. The summed E-state index contributed by atoms with van der Waals surface area (Å²) in [5.41, 5.74) is 1.13. The Morgan fingerprint density at radius 3 is 3.00 bits per heavy atom. The number of carbonyl (C=O) groups is 2. The molecule has 2 unspecified atom stereocenters. The van der Waals surface area contributed by atoms with Crippen LogP contribution in [0.15, 0.2) is 39.5 Å². The molecule has 1 aliphatic heterocycles. The van der Waals surface area contributed by atoms with Crippen LogP contribution >= 0.6 is 27.3 Å². The van der Waals surface area contributed by atoms with E-state index in [1.807, 2.05) is 22.8 Å². The van der Waals surface area contributed by atoms with Crippen LogP contribution in [0.1, 0.15) is 39.0 Å². The van der Waals surface area contributed by atoms with Crippen molar-refractivity contribution in [1.82, 2.24) is 4.57 Å². The molecule has 2 aliphatic rings. The number of rotatable bonds is 3. The second-order valence-corrected chi connectivity index (χ2v) is 8.95. The van der Waals surface area contributed by atoms with Crippen LogP contribution in [0, 0.1) is 5.92 Å². The van der Waals surface area contributed by atoms with Crippen LogP contribution in [0.25, 0.3) is 10.2 Å². The van der Waals surface area contributed by atoms with Crippen molar-refractivity contribution < 1.29 is 14.3 Å². The number of carbonyl (C=O) groups excluding carboxylic acids is 2. The van der Waals surface area contributed by atoms with Gasteiger partial charge in [-0.15, -0.1) is 0 Å². The van der Waals surface area contributed by atoms with E-state index in [0.717, 1.165) is 53.3 Å². The molecule has 1 amide bonds. The van der Waals surface area contributed by atoms with Crippen molar-refractivity contribution >= 4 is 49.2 Å². The molecule has 2 aromatic rings. The number of amides is 1. The molecule has 0 N–H and O–H groups in total. The van der Waals surface area contributed by atoms with Crippen molar-refractivity contribution in [1.29, 1.82) is 0 Å². The summed E-state index contributed by atoms with van der Waals surface area (Å²) < 4.78 is 9.79. The largest absolute Gasteiger partial charge is 0.496 e. The number of ether oxygens (including phenoxy) is 1. The average molecular weight is 449 g/mol. The van der Waals surface area contributed by atoms with Gasteiger partial charge in [0, 0.05) is 11.0 Å². The predicted octanol–water partition coefficient (Wildman–Crippen LogP) is 4.34. The maximum absolute atomic E-state index is 12.8. The van der Waals surface area contributed by atoms with Crippen molar-refractivity contribution in [2.45, 2.75) is 51.7 Å². The van der Waals surface area contributed by atoms with Crippen LogP contribution in [-0.4, -0.2) is 22.4 Å². The zero-order valence-electron chi connectivity index (χ0n) is 15.1. The minimum Gasteiger partial charge on any atom is -0.496 e. The summed E-state index contributed by atoms with van der Waals surface area (Å²) >= 11 is 4.95.